The number of nitrogens with one attached hydrogen (secondary N) is 1. The molecule has 0 saturated carbocycles. The zero-order valence-electron chi connectivity index (χ0n) is 15.9. The van der Waals surface area contributed by atoms with Gasteiger partial charge in [0.05, 0.1) is 12.8 Å². The number of amides is 1. The molecular weight excluding hydrogens is 361 g/mol. The summed E-state index contributed by atoms with van der Waals surface area (Å²) in [7, 11) is 1.45. The Bertz CT molecular complexity index is 937. The highest BCUT2D eigenvalue weighted by atomic mass is 19.1. The van der Waals surface area contributed by atoms with Crippen molar-refractivity contribution in [2.75, 3.05) is 13.7 Å². The maximum atomic E-state index is 14.3. The van der Waals surface area contributed by atoms with Crippen molar-refractivity contribution in [3.8, 4) is 17.0 Å². The molecule has 1 aliphatic rings. The number of rotatable bonds is 7. The second kappa shape index (κ2) is 9.30. The zero-order valence-corrected chi connectivity index (χ0v) is 15.9. The van der Waals surface area contributed by atoms with E-state index in [9.17, 15) is 14.0 Å². The van der Waals surface area contributed by atoms with E-state index in [4.69, 9.17) is 4.74 Å². The van der Waals surface area contributed by atoms with E-state index in [0.29, 0.717) is 12.3 Å². The molecule has 1 heterocycles. The van der Waals surface area contributed by atoms with Gasteiger partial charge < -0.3 is 10.1 Å². The summed E-state index contributed by atoms with van der Waals surface area (Å²) < 4.78 is 20.3. The molecule has 2 aromatic rings. The van der Waals surface area contributed by atoms with Crippen molar-refractivity contribution in [1.82, 2.24) is 15.1 Å². The monoisotopic (exact) mass is 385 g/mol. The minimum atomic E-state index is -0.512. The third-order valence-corrected chi connectivity index (χ3v) is 4.77. The summed E-state index contributed by atoms with van der Waals surface area (Å²) in [6.07, 6.45) is 7.70. The number of methoxy groups -OCH3 is 1. The fourth-order valence-electron chi connectivity index (χ4n) is 3.22. The molecule has 7 heteroatoms. The fourth-order valence-corrected chi connectivity index (χ4v) is 3.22. The van der Waals surface area contributed by atoms with E-state index in [1.807, 2.05) is 0 Å². The number of carbonyl (C=O) groups excluding carboxylic acids is 1. The van der Waals surface area contributed by atoms with Crippen LogP contribution in [-0.2, 0) is 11.3 Å². The van der Waals surface area contributed by atoms with Crippen molar-refractivity contribution < 1.29 is 13.9 Å². The Morgan fingerprint density at radius 1 is 1.29 bits per heavy atom. The standard InChI is InChI=1S/C21H24FN3O3/c1-28-16-7-8-17(18(22)13-16)19-9-10-21(27)25(24-19)14-20(26)23-12-11-15-5-3-2-4-6-15/h5,7-10,13H,2-4,6,11-12,14H2,1H3,(H,23,26). The predicted octanol–water partition coefficient (Wildman–Crippen LogP) is 3.06. The molecule has 28 heavy (non-hydrogen) atoms. The lowest BCUT2D eigenvalue weighted by Gasteiger charge is -2.13. The molecule has 0 bridgehead atoms. The molecule has 6 nitrogen and oxygen atoms in total. The second-order valence-electron chi connectivity index (χ2n) is 6.77. The van der Waals surface area contributed by atoms with E-state index in [2.05, 4.69) is 16.5 Å². The number of ether oxygens (including phenoxy) is 1. The Hall–Kier alpha value is -2.96. The van der Waals surface area contributed by atoms with Crippen LogP contribution >= 0.6 is 0 Å². The van der Waals surface area contributed by atoms with Crippen LogP contribution in [-0.4, -0.2) is 29.3 Å². The van der Waals surface area contributed by atoms with Gasteiger partial charge in [-0.15, -0.1) is 0 Å². The number of hydrogen-bond acceptors (Lipinski definition) is 4. The van der Waals surface area contributed by atoms with Crippen LogP contribution in [0.5, 0.6) is 5.75 Å². The third kappa shape index (κ3) is 5.06. The normalized spacial score (nSPS) is 13.7. The SMILES string of the molecule is COc1ccc(-c2ccc(=O)n(CC(=O)NCCC3=CCCCC3)n2)c(F)c1. The van der Waals surface area contributed by atoms with Crippen molar-refractivity contribution in [2.45, 2.75) is 38.6 Å². The number of aromatic nitrogens is 2. The molecule has 0 fully saturated rings. The summed E-state index contributed by atoms with van der Waals surface area (Å²) >= 11 is 0. The Morgan fingerprint density at radius 2 is 2.14 bits per heavy atom. The minimum Gasteiger partial charge on any atom is -0.497 e. The molecule has 0 radical (unpaired) electrons. The van der Waals surface area contributed by atoms with Crippen LogP contribution in [0.3, 0.4) is 0 Å². The number of benzene rings is 1. The van der Waals surface area contributed by atoms with Crippen LogP contribution in [0.4, 0.5) is 4.39 Å². The molecule has 3 rings (SSSR count). The van der Waals surface area contributed by atoms with Gasteiger partial charge in [-0.05, 0) is 50.3 Å². The number of nitrogens with zero attached hydrogens (tertiary/aromatic N) is 2. The first-order chi connectivity index (χ1) is 13.6. The maximum Gasteiger partial charge on any atom is 0.267 e. The lowest BCUT2D eigenvalue weighted by atomic mass is 9.97. The van der Waals surface area contributed by atoms with Crippen molar-refractivity contribution >= 4 is 5.91 Å². The van der Waals surface area contributed by atoms with Gasteiger partial charge in [0, 0.05) is 24.2 Å². The Morgan fingerprint density at radius 3 is 2.86 bits per heavy atom. The molecule has 1 aliphatic carbocycles. The van der Waals surface area contributed by atoms with Gasteiger partial charge in [0.1, 0.15) is 18.1 Å². The summed E-state index contributed by atoms with van der Waals surface area (Å²) in [5.41, 5.74) is 1.47. The summed E-state index contributed by atoms with van der Waals surface area (Å²) in [6, 6.07) is 7.12. The van der Waals surface area contributed by atoms with Crippen LogP contribution < -0.4 is 15.6 Å². The van der Waals surface area contributed by atoms with Gasteiger partial charge in [-0.1, -0.05) is 11.6 Å². The highest BCUT2D eigenvalue weighted by Crippen LogP contribution is 2.24. The van der Waals surface area contributed by atoms with Crippen LogP contribution in [0.2, 0.25) is 0 Å². The molecule has 1 aromatic carbocycles. The first-order valence-electron chi connectivity index (χ1n) is 9.43. The highest BCUT2D eigenvalue weighted by Gasteiger charge is 2.12. The van der Waals surface area contributed by atoms with E-state index in [0.717, 1.165) is 23.9 Å². The zero-order chi connectivity index (χ0) is 19.9. The minimum absolute atomic E-state index is 0.205. The van der Waals surface area contributed by atoms with Gasteiger partial charge in [-0.2, -0.15) is 5.10 Å². The number of carbonyl (C=O) groups is 1. The van der Waals surface area contributed by atoms with Crippen molar-refractivity contribution in [3.05, 3.63) is 58.2 Å². The van der Waals surface area contributed by atoms with Gasteiger partial charge in [-0.3, -0.25) is 9.59 Å². The molecule has 0 aliphatic heterocycles. The average molecular weight is 385 g/mol. The molecule has 0 spiro atoms. The van der Waals surface area contributed by atoms with Crippen LogP contribution in [0.1, 0.15) is 32.1 Å². The second-order valence-corrected chi connectivity index (χ2v) is 6.77. The van der Waals surface area contributed by atoms with E-state index in [-0.39, 0.29) is 23.7 Å². The topological polar surface area (TPSA) is 73.2 Å². The maximum absolute atomic E-state index is 14.3. The van der Waals surface area contributed by atoms with Gasteiger partial charge in [0.15, 0.2) is 0 Å². The predicted molar refractivity (Wildman–Crippen MR) is 105 cm³/mol. The van der Waals surface area contributed by atoms with Gasteiger partial charge in [-0.25, -0.2) is 9.07 Å². The van der Waals surface area contributed by atoms with Crippen molar-refractivity contribution in [2.24, 2.45) is 0 Å². The summed E-state index contributed by atoms with van der Waals surface area (Å²) in [5, 5.41) is 6.97. The summed E-state index contributed by atoms with van der Waals surface area (Å²) in [6.45, 7) is 0.329. The van der Waals surface area contributed by atoms with Crippen molar-refractivity contribution in [1.29, 1.82) is 0 Å². The molecule has 0 atom stereocenters. The van der Waals surface area contributed by atoms with Crippen LogP contribution in [0, 0.1) is 5.82 Å². The summed E-state index contributed by atoms with van der Waals surface area (Å²) in [5.74, 6) is -0.414. The van der Waals surface area contributed by atoms with Gasteiger partial charge in [0.2, 0.25) is 5.91 Å². The average Bonchev–Trinajstić information content (AvgIpc) is 2.70. The first kappa shape index (κ1) is 19.8. The Kier molecular flexibility index (Phi) is 6.57. The lowest BCUT2D eigenvalue weighted by molar-refractivity contribution is -0.121. The highest BCUT2D eigenvalue weighted by molar-refractivity contribution is 5.75. The van der Waals surface area contributed by atoms with E-state index < -0.39 is 11.4 Å². The first-order valence-corrected chi connectivity index (χ1v) is 9.43. The molecule has 1 aromatic heterocycles. The lowest BCUT2D eigenvalue weighted by Crippen LogP contribution is -2.34. The summed E-state index contributed by atoms with van der Waals surface area (Å²) in [4.78, 5) is 24.2. The van der Waals surface area contributed by atoms with Gasteiger partial charge >= 0.3 is 0 Å². The molecular formula is C21H24FN3O3. The number of hydrogen-bond donors (Lipinski definition) is 1. The number of halogens is 1. The Labute approximate surface area is 163 Å². The third-order valence-electron chi connectivity index (χ3n) is 4.77. The van der Waals surface area contributed by atoms with Gasteiger partial charge in [0.25, 0.3) is 5.56 Å². The largest absolute Gasteiger partial charge is 0.497 e. The smallest absolute Gasteiger partial charge is 0.267 e. The van der Waals surface area contributed by atoms with E-state index >= 15 is 0 Å². The molecule has 0 unspecified atom stereocenters. The molecule has 148 valence electrons. The van der Waals surface area contributed by atoms with Crippen molar-refractivity contribution in [3.63, 3.8) is 0 Å². The molecule has 1 amide bonds. The fraction of sp³-hybridized carbons (Fsp3) is 0.381. The molecule has 0 saturated heterocycles. The van der Waals surface area contributed by atoms with Crippen LogP contribution in [0.15, 0.2) is 46.8 Å². The molecule has 1 N–H and O–H groups in total. The van der Waals surface area contributed by atoms with E-state index in [1.54, 1.807) is 6.07 Å². The van der Waals surface area contributed by atoms with Crippen LogP contribution in [0.25, 0.3) is 11.3 Å². The Balaban J connectivity index is 1.65. The van der Waals surface area contributed by atoms with E-state index in [1.165, 1.54) is 49.8 Å². The number of allylic oxidation sites excluding steroid dienone is 1. The quantitative estimate of drug-likeness (QED) is 0.744.